The van der Waals surface area contributed by atoms with Crippen molar-refractivity contribution in [2.45, 2.75) is 25.4 Å². The van der Waals surface area contributed by atoms with E-state index in [1.54, 1.807) is 0 Å². The molecule has 0 unspecified atom stereocenters. The number of carbonyl (C=O) groups excluding carboxylic acids is 4. The summed E-state index contributed by atoms with van der Waals surface area (Å²) in [5, 5.41) is 13.8. The Bertz CT molecular complexity index is 3240. The number of rotatable bonds is 14. The van der Waals surface area contributed by atoms with E-state index in [2.05, 4.69) is 49.0 Å². The van der Waals surface area contributed by atoms with Crippen molar-refractivity contribution in [1.82, 2.24) is 9.97 Å². The van der Waals surface area contributed by atoms with Gasteiger partial charge in [0, 0.05) is 48.0 Å². The van der Waals surface area contributed by atoms with E-state index in [4.69, 9.17) is 24.4 Å². The van der Waals surface area contributed by atoms with Crippen LogP contribution in [0, 0.1) is 5.82 Å². The lowest BCUT2D eigenvalue weighted by atomic mass is 10.1. The van der Waals surface area contributed by atoms with Gasteiger partial charge in [-0.15, -0.1) is 52.7 Å². The maximum atomic E-state index is 13.8. The largest absolute Gasteiger partial charge is 0.573 e. The van der Waals surface area contributed by atoms with Gasteiger partial charge in [0.15, 0.2) is 23.0 Å². The molecule has 7 N–H and O–H groups in total. The van der Waals surface area contributed by atoms with Crippen molar-refractivity contribution in [3.63, 3.8) is 0 Å². The topological polar surface area (TPSA) is 255 Å². The molecule has 0 saturated heterocycles. The highest BCUT2D eigenvalue weighted by molar-refractivity contribution is 6.07. The van der Waals surface area contributed by atoms with Crippen molar-refractivity contribution in [1.29, 1.82) is 0 Å². The number of anilines is 2. The van der Waals surface area contributed by atoms with Gasteiger partial charge in [0.2, 0.25) is 0 Å². The quantitative estimate of drug-likeness (QED) is 0.0637. The van der Waals surface area contributed by atoms with Crippen molar-refractivity contribution in [3.05, 3.63) is 138 Å². The lowest BCUT2D eigenvalue weighted by Gasteiger charge is -2.17. The van der Waals surface area contributed by atoms with Crippen molar-refractivity contribution in [2.75, 3.05) is 24.7 Å². The normalized spacial score (nSPS) is 12.8. The lowest BCUT2D eigenvalue weighted by molar-refractivity contribution is -0.275. The SMILES string of the molecule is NC(=O)c1cc(NC(=O)c2ccc(OC(F)(F)F)cc2F)ccn1.[2H]C([2H])([2H])Oc1cc(OC(F)(F)F)ccc1O.[2H]C([2H])([2H])Oc1cc(OC(F)(F)F)ccc1Oc1cc(OC(F)(F)F)ccc1C(=O)Nc1ccnc(C(N)=O)c1. The summed E-state index contributed by atoms with van der Waals surface area (Å²) >= 11 is 0. The van der Waals surface area contributed by atoms with Gasteiger partial charge in [0.05, 0.1) is 33.4 Å². The summed E-state index contributed by atoms with van der Waals surface area (Å²) in [6.45, 7) is 0. The number of phenols is 1. The molecule has 0 saturated carbocycles. The van der Waals surface area contributed by atoms with Crippen molar-refractivity contribution < 1.29 is 123 Å². The first kappa shape index (κ1) is 49.1. The van der Waals surface area contributed by atoms with Crippen LogP contribution in [-0.2, 0) is 0 Å². The number of hydrogen-bond donors (Lipinski definition) is 5. The van der Waals surface area contributed by atoms with Gasteiger partial charge in [-0.25, -0.2) is 4.39 Å². The maximum absolute atomic E-state index is 13.8. The minimum Gasteiger partial charge on any atom is -0.504 e. The van der Waals surface area contributed by atoms with Crippen LogP contribution in [-0.4, -0.2) is 78.2 Å². The van der Waals surface area contributed by atoms with Crippen LogP contribution in [0.4, 0.5) is 68.5 Å². The second-order valence-electron chi connectivity index (χ2n) is 13.5. The molecule has 18 nitrogen and oxygen atoms in total. The Kier molecular flexibility index (Phi) is 15.9. The van der Waals surface area contributed by atoms with E-state index in [-0.39, 0.29) is 22.8 Å². The Hall–Kier alpha value is -9.45. The molecule has 0 atom stereocenters. The summed E-state index contributed by atoms with van der Waals surface area (Å²) in [7, 11) is -6.09. The maximum Gasteiger partial charge on any atom is 0.573 e. The Morgan fingerprint density at radius 3 is 1.33 bits per heavy atom. The average molecular weight is 1090 g/mol. The highest BCUT2D eigenvalue weighted by atomic mass is 19.4. The number of alkyl halides is 12. The van der Waals surface area contributed by atoms with Gasteiger partial charge >= 0.3 is 25.4 Å². The zero-order chi connectivity index (χ0) is 61.1. The van der Waals surface area contributed by atoms with Crippen LogP contribution in [0.25, 0.3) is 0 Å². The van der Waals surface area contributed by atoms with Crippen LogP contribution in [0.3, 0.4) is 0 Å². The number of ether oxygens (including phenoxy) is 7. The number of aromatic hydroxyl groups is 1. The highest BCUT2D eigenvalue weighted by Gasteiger charge is 2.34. The molecular formula is C44H31F13N6O12. The molecule has 0 spiro atoms. The van der Waals surface area contributed by atoms with Gasteiger partial charge in [0.1, 0.15) is 46.0 Å². The number of nitrogens with two attached hydrogens (primary N) is 2. The van der Waals surface area contributed by atoms with E-state index in [1.165, 1.54) is 24.4 Å². The molecule has 6 rings (SSSR count). The smallest absolute Gasteiger partial charge is 0.504 e. The molecule has 0 aliphatic heterocycles. The van der Waals surface area contributed by atoms with Crippen molar-refractivity contribution in [3.8, 4) is 51.7 Å². The molecule has 0 radical (unpaired) electrons. The van der Waals surface area contributed by atoms with Crippen LogP contribution < -0.4 is 55.3 Å². The molecule has 4 amide bonds. The Balaban J connectivity index is 0.000000290. The number of carbonyl (C=O) groups is 4. The minimum absolute atomic E-state index is 0.00422. The number of methoxy groups -OCH3 is 2. The molecule has 75 heavy (non-hydrogen) atoms. The number of primary amides is 2. The number of halogens is 13. The molecule has 4 aromatic carbocycles. The molecular weight excluding hydrogens is 1050 g/mol. The summed E-state index contributed by atoms with van der Waals surface area (Å²) in [5.74, 6) is -11.5. The standard InChI is InChI=1S/C22H15F6N3O6.C14H9F4N3O3.C8H7F3O3/c1-34-18-10-13(37-22(26,27)28)3-5-16(18)35-17-9-12(36-21(23,24)25)2-4-14(17)20(33)31-11-6-7-30-15(8-11)19(29)32;15-10-6-8(24-14(16,17)18)1-2-9(10)13(23)21-7-3-4-20-11(5-7)12(19)22;1-13-7-4-5(2-3-6(7)12)14-8(9,10)11/h2-10H,1H3,(H2,29,32)(H,30,31,33);1-6H,(H2,19,22)(H,20,21,23);2-4,12H,1H3/i1D3;;1D3. The van der Waals surface area contributed by atoms with Gasteiger partial charge in [-0.05, 0) is 72.8 Å². The summed E-state index contributed by atoms with van der Waals surface area (Å²) < 4.78 is 233. The van der Waals surface area contributed by atoms with Crippen molar-refractivity contribution in [2.24, 2.45) is 11.5 Å². The van der Waals surface area contributed by atoms with E-state index in [0.29, 0.717) is 30.3 Å². The molecule has 2 heterocycles. The molecule has 400 valence electrons. The number of hydrogen-bond acceptors (Lipinski definition) is 14. The average Bonchev–Trinajstić information content (AvgIpc) is 3.29. The number of amides is 4. The Morgan fingerprint density at radius 2 is 0.893 bits per heavy atom. The number of benzene rings is 4. The minimum atomic E-state index is -5.16. The second kappa shape index (κ2) is 24.3. The van der Waals surface area contributed by atoms with Crippen LogP contribution in [0.2, 0.25) is 0 Å². The fourth-order valence-electron chi connectivity index (χ4n) is 5.27. The molecule has 31 heteroatoms. The Morgan fingerprint density at radius 1 is 0.507 bits per heavy atom. The van der Waals surface area contributed by atoms with Gasteiger partial charge in [-0.2, -0.15) is 0 Å². The zero-order valence-electron chi connectivity index (χ0n) is 42.3. The number of nitrogens with zero attached hydrogens (tertiary/aromatic N) is 2. The van der Waals surface area contributed by atoms with E-state index in [1.807, 2.05) is 0 Å². The highest BCUT2D eigenvalue weighted by Crippen LogP contribution is 2.40. The number of nitrogens with one attached hydrogen (secondary N) is 2. The molecule has 0 bridgehead atoms. The zero-order valence-corrected chi connectivity index (χ0v) is 36.3. The number of phenolic OH excluding ortho intramolecular Hbond substituents is 1. The summed E-state index contributed by atoms with van der Waals surface area (Å²) in [4.78, 5) is 54.6. The van der Waals surface area contributed by atoms with Crippen LogP contribution in [0.15, 0.2) is 109 Å². The van der Waals surface area contributed by atoms with Gasteiger partial charge in [0.25, 0.3) is 23.6 Å². The summed E-state index contributed by atoms with van der Waals surface area (Å²) in [6, 6.07) is 13.4. The molecule has 0 aliphatic rings. The van der Waals surface area contributed by atoms with E-state index < -0.39 is 132 Å². The molecule has 0 aliphatic carbocycles. The number of aromatic nitrogens is 2. The summed E-state index contributed by atoms with van der Waals surface area (Å²) in [5.41, 5.74) is 8.97. The third-order valence-electron chi connectivity index (χ3n) is 8.14. The van der Waals surface area contributed by atoms with Gasteiger partial charge in [-0.3, -0.25) is 29.1 Å². The predicted octanol–water partition coefficient (Wildman–Crippen LogP) is 9.80. The van der Waals surface area contributed by atoms with E-state index in [9.17, 15) is 81.4 Å². The number of pyridine rings is 2. The molecule has 2 aromatic heterocycles. The third-order valence-corrected chi connectivity index (χ3v) is 8.14. The Labute approximate surface area is 418 Å². The van der Waals surface area contributed by atoms with Crippen molar-refractivity contribution >= 4 is 35.0 Å². The third kappa shape index (κ3) is 19.2. The first-order chi connectivity index (χ1) is 37.1. The van der Waals surface area contributed by atoms with Crippen LogP contribution in [0.1, 0.15) is 49.9 Å². The van der Waals surface area contributed by atoms with E-state index in [0.717, 1.165) is 54.7 Å². The summed E-state index contributed by atoms with van der Waals surface area (Å²) in [6.07, 6.45) is -17.9. The van der Waals surface area contributed by atoms with Gasteiger partial charge < -0.3 is 60.4 Å². The molecule has 6 aromatic rings. The van der Waals surface area contributed by atoms with Gasteiger partial charge in [-0.1, -0.05) is 0 Å². The van der Waals surface area contributed by atoms with Crippen LogP contribution in [0.5, 0.6) is 51.7 Å². The van der Waals surface area contributed by atoms with Crippen LogP contribution >= 0.6 is 0 Å². The first-order valence-corrected chi connectivity index (χ1v) is 19.2. The fraction of sp³-hybridized carbons (Fsp3) is 0.136. The first-order valence-electron chi connectivity index (χ1n) is 22.2. The predicted molar refractivity (Wildman–Crippen MR) is 229 cm³/mol. The van der Waals surface area contributed by atoms with E-state index >= 15 is 0 Å². The fourth-order valence-corrected chi connectivity index (χ4v) is 5.27. The monoisotopic (exact) mass is 1090 g/mol. The lowest BCUT2D eigenvalue weighted by Crippen LogP contribution is -2.18. The molecule has 0 fully saturated rings. The second-order valence-corrected chi connectivity index (χ2v) is 13.5.